The quantitative estimate of drug-likeness (QED) is 0.344. The molecule has 1 saturated heterocycles. The SMILES string of the molecule is C=C(c1cnn2c(C(F)(F)F)c(C)c(-c3ccc(OC)cc3)nc12)N1CCN(Cc2ccccc2)CC1. The second-order valence-corrected chi connectivity index (χ2v) is 9.15. The molecule has 5 rings (SSSR count). The normalized spacial score (nSPS) is 14.8. The lowest BCUT2D eigenvalue weighted by atomic mass is 10.0. The minimum absolute atomic E-state index is 0.0138. The summed E-state index contributed by atoms with van der Waals surface area (Å²) in [6, 6.07) is 17.1. The first-order valence-electron chi connectivity index (χ1n) is 12.1. The number of piperazine rings is 1. The number of fused-ring (bicyclic) bond motifs is 1. The fourth-order valence-corrected chi connectivity index (χ4v) is 4.83. The molecule has 4 aromatic rings. The third-order valence-electron chi connectivity index (χ3n) is 6.83. The molecule has 2 aromatic carbocycles. The summed E-state index contributed by atoms with van der Waals surface area (Å²) < 4.78 is 48.8. The van der Waals surface area contributed by atoms with Crippen LogP contribution in [0.3, 0.4) is 0 Å². The molecule has 0 atom stereocenters. The van der Waals surface area contributed by atoms with Crippen molar-refractivity contribution in [1.82, 2.24) is 24.4 Å². The van der Waals surface area contributed by atoms with Gasteiger partial charge in [-0.1, -0.05) is 36.9 Å². The first-order chi connectivity index (χ1) is 17.8. The van der Waals surface area contributed by atoms with Gasteiger partial charge in [0.05, 0.1) is 24.6 Å². The third kappa shape index (κ3) is 4.91. The summed E-state index contributed by atoms with van der Waals surface area (Å²) in [5.41, 5.74) is 2.51. The molecule has 0 amide bonds. The summed E-state index contributed by atoms with van der Waals surface area (Å²) in [6.07, 6.45) is -3.17. The molecule has 0 N–H and O–H groups in total. The molecule has 1 aliphatic rings. The van der Waals surface area contributed by atoms with Crippen LogP contribution in [-0.4, -0.2) is 57.7 Å². The van der Waals surface area contributed by atoms with Gasteiger partial charge in [-0.05, 0) is 36.8 Å². The smallest absolute Gasteiger partial charge is 0.433 e. The van der Waals surface area contributed by atoms with Gasteiger partial charge in [-0.2, -0.15) is 18.3 Å². The lowest BCUT2D eigenvalue weighted by molar-refractivity contribution is -0.143. The highest BCUT2D eigenvalue weighted by Crippen LogP contribution is 2.37. The number of ether oxygens (including phenoxy) is 1. The van der Waals surface area contributed by atoms with Crippen molar-refractivity contribution in [3.63, 3.8) is 0 Å². The van der Waals surface area contributed by atoms with Gasteiger partial charge in [0, 0.05) is 49.5 Å². The topological polar surface area (TPSA) is 45.9 Å². The zero-order chi connectivity index (χ0) is 26.2. The van der Waals surface area contributed by atoms with E-state index < -0.39 is 11.9 Å². The van der Waals surface area contributed by atoms with E-state index in [1.165, 1.54) is 25.8 Å². The van der Waals surface area contributed by atoms with Crippen LogP contribution in [0.5, 0.6) is 5.75 Å². The Bertz CT molecular complexity index is 1410. The molecule has 192 valence electrons. The summed E-state index contributed by atoms with van der Waals surface area (Å²) in [5, 5.41) is 4.11. The molecule has 0 unspecified atom stereocenters. The zero-order valence-corrected chi connectivity index (χ0v) is 20.8. The van der Waals surface area contributed by atoms with E-state index in [0.29, 0.717) is 35.7 Å². The summed E-state index contributed by atoms with van der Waals surface area (Å²) >= 11 is 0. The second-order valence-electron chi connectivity index (χ2n) is 9.15. The maximum atomic E-state index is 14.2. The van der Waals surface area contributed by atoms with Gasteiger partial charge >= 0.3 is 6.18 Å². The Morgan fingerprint density at radius 2 is 1.68 bits per heavy atom. The molecule has 0 bridgehead atoms. The highest BCUT2D eigenvalue weighted by atomic mass is 19.4. The Kier molecular flexibility index (Phi) is 6.64. The molecule has 0 spiro atoms. The lowest BCUT2D eigenvalue weighted by Gasteiger charge is -2.36. The molecular formula is C28H28F3N5O. The number of nitrogens with zero attached hydrogens (tertiary/aromatic N) is 5. The van der Waals surface area contributed by atoms with Gasteiger partial charge in [0.2, 0.25) is 0 Å². The van der Waals surface area contributed by atoms with Crippen LogP contribution in [0, 0.1) is 6.92 Å². The molecule has 0 saturated carbocycles. The minimum Gasteiger partial charge on any atom is -0.497 e. The van der Waals surface area contributed by atoms with E-state index in [2.05, 4.69) is 38.6 Å². The van der Waals surface area contributed by atoms with Crippen molar-refractivity contribution in [1.29, 1.82) is 0 Å². The fraction of sp³-hybridized carbons (Fsp3) is 0.286. The first-order valence-corrected chi connectivity index (χ1v) is 12.1. The van der Waals surface area contributed by atoms with Crippen molar-refractivity contribution in [3.05, 3.63) is 89.8 Å². The van der Waals surface area contributed by atoms with Crippen LogP contribution < -0.4 is 4.74 Å². The number of aromatic nitrogens is 3. The molecule has 9 heteroatoms. The van der Waals surface area contributed by atoms with Crippen molar-refractivity contribution in [2.45, 2.75) is 19.6 Å². The molecule has 2 aromatic heterocycles. The zero-order valence-electron chi connectivity index (χ0n) is 20.8. The highest BCUT2D eigenvalue weighted by Gasteiger charge is 2.38. The monoisotopic (exact) mass is 507 g/mol. The van der Waals surface area contributed by atoms with Crippen molar-refractivity contribution in [2.24, 2.45) is 0 Å². The average Bonchev–Trinajstić information content (AvgIpc) is 3.31. The summed E-state index contributed by atoms with van der Waals surface area (Å²) in [4.78, 5) is 9.14. The van der Waals surface area contributed by atoms with Crippen LogP contribution in [0.15, 0.2) is 67.4 Å². The number of hydrogen-bond acceptors (Lipinski definition) is 5. The molecule has 3 heterocycles. The molecule has 1 fully saturated rings. The standard InChI is InChI=1S/C28H28F3N5O/c1-19-25(22-9-11-23(37-3)12-10-22)33-27-24(17-32-36(27)26(19)28(29,30)31)20(2)35-15-13-34(14-16-35)18-21-7-5-4-6-8-21/h4-12,17H,2,13-16,18H2,1,3H3. The summed E-state index contributed by atoms with van der Waals surface area (Å²) in [5.74, 6) is 0.614. The van der Waals surface area contributed by atoms with Crippen molar-refractivity contribution < 1.29 is 17.9 Å². The molecular weight excluding hydrogens is 479 g/mol. The van der Waals surface area contributed by atoms with Crippen LogP contribution in [0.2, 0.25) is 0 Å². The van der Waals surface area contributed by atoms with Crippen molar-refractivity contribution in [2.75, 3.05) is 33.3 Å². The maximum absolute atomic E-state index is 14.2. The summed E-state index contributed by atoms with van der Waals surface area (Å²) in [7, 11) is 1.54. The van der Waals surface area contributed by atoms with Crippen LogP contribution >= 0.6 is 0 Å². The predicted octanol–water partition coefficient (Wildman–Crippen LogP) is 5.52. The van der Waals surface area contributed by atoms with E-state index in [1.54, 1.807) is 24.3 Å². The van der Waals surface area contributed by atoms with Gasteiger partial charge in [-0.15, -0.1) is 0 Å². The molecule has 1 aliphatic heterocycles. The Labute approximate surface area is 213 Å². The van der Waals surface area contributed by atoms with Gasteiger partial charge in [-0.3, -0.25) is 4.90 Å². The number of rotatable bonds is 6. The van der Waals surface area contributed by atoms with E-state index in [4.69, 9.17) is 4.74 Å². The average molecular weight is 508 g/mol. The maximum Gasteiger partial charge on any atom is 0.433 e. The Hall–Kier alpha value is -3.85. The second kappa shape index (κ2) is 9.89. The van der Waals surface area contributed by atoms with E-state index in [1.807, 2.05) is 18.2 Å². The van der Waals surface area contributed by atoms with Gasteiger partial charge in [0.1, 0.15) is 5.75 Å². The largest absolute Gasteiger partial charge is 0.497 e. The van der Waals surface area contributed by atoms with Crippen molar-refractivity contribution in [3.8, 4) is 17.0 Å². The van der Waals surface area contributed by atoms with E-state index in [0.717, 1.165) is 24.1 Å². The molecule has 6 nitrogen and oxygen atoms in total. The minimum atomic E-state index is -4.61. The van der Waals surface area contributed by atoms with Crippen LogP contribution in [0.25, 0.3) is 22.6 Å². The van der Waals surface area contributed by atoms with E-state index in [9.17, 15) is 13.2 Å². The van der Waals surface area contributed by atoms with Gasteiger partial charge < -0.3 is 9.64 Å². The third-order valence-corrected chi connectivity index (χ3v) is 6.83. The fourth-order valence-electron chi connectivity index (χ4n) is 4.83. The number of benzene rings is 2. The van der Waals surface area contributed by atoms with Crippen LogP contribution in [-0.2, 0) is 12.7 Å². The Balaban J connectivity index is 1.46. The van der Waals surface area contributed by atoms with Crippen LogP contribution in [0.4, 0.5) is 13.2 Å². The van der Waals surface area contributed by atoms with Gasteiger partial charge in [0.15, 0.2) is 11.3 Å². The summed E-state index contributed by atoms with van der Waals surface area (Å²) in [6.45, 7) is 9.60. The van der Waals surface area contributed by atoms with Crippen LogP contribution in [0.1, 0.15) is 22.4 Å². The number of alkyl halides is 3. The van der Waals surface area contributed by atoms with Gasteiger partial charge in [0.25, 0.3) is 0 Å². The number of halogens is 3. The number of methoxy groups -OCH3 is 1. The van der Waals surface area contributed by atoms with Crippen molar-refractivity contribution >= 4 is 11.3 Å². The highest BCUT2D eigenvalue weighted by molar-refractivity contribution is 5.77. The Morgan fingerprint density at radius 1 is 1.00 bits per heavy atom. The first kappa shape index (κ1) is 24.8. The van der Waals surface area contributed by atoms with E-state index in [-0.39, 0.29) is 16.9 Å². The molecule has 0 aliphatic carbocycles. The molecule has 37 heavy (non-hydrogen) atoms. The Morgan fingerprint density at radius 3 is 2.30 bits per heavy atom. The predicted molar refractivity (Wildman–Crippen MR) is 137 cm³/mol. The number of hydrogen-bond donors (Lipinski definition) is 0. The van der Waals surface area contributed by atoms with Gasteiger partial charge in [-0.25, -0.2) is 9.50 Å². The molecule has 0 radical (unpaired) electrons. The van der Waals surface area contributed by atoms with E-state index >= 15 is 0 Å². The lowest BCUT2D eigenvalue weighted by Crippen LogP contribution is -2.44.